The van der Waals surface area contributed by atoms with Crippen LogP contribution in [0.25, 0.3) is 10.2 Å². The zero-order valence-corrected chi connectivity index (χ0v) is 15.9. The first-order chi connectivity index (χ1) is 12.4. The minimum Gasteiger partial charge on any atom is -0.468 e. The Bertz CT molecular complexity index is 1040. The standard InChI is InChI=1S/C18H20N4O3S/c1-11(2)22-8-7-13(20-22)17(24)19-18-21(10-16(23)25-4)14-6-5-12(3)9-15(14)26-18/h5-9,11H,10H2,1-4H3. The second kappa shape index (κ2) is 7.25. The van der Waals surface area contributed by atoms with Crippen molar-refractivity contribution in [2.75, 3.05) is 7.11 Å². The van der Waals surface area contributed by atoms with Gasteiger partial charge in [-0.1, -0.05) is 17.4 Å². The van der Waals surface area contributed by atoms with Crippen LogP contribution in [-0.2, 0) is 16.1 Å². The van der Waals surface area contributed by atoms with E-state index in [1.54, 1.807) is 21.5 Å². The molecular weight excluding hydrogens is 352 g/mol. The van der Waals surface area contributed by atoms with E-state index in [4.69, 9.17) is 4.74 Å². The van der Waals surface area contributed by atoms with Gasteiger partial charge in [-0.15, -0.1) is 0 Å². The highest BCUT2D eigenvalue weighted by molar-refractivity contribution is 7.16. The van der Waals surface area contributed by atoms with Crippen LogP contribution < -0.4 is 4.80 Å². The number of aryl methyl sites for hydroxylation is 1. The molecule has 1 aromatic carbocycles. The molecule has 0 aliphatic heterocycles. The SMILES string of the molecule is COC(=O)Cn1c(=NC(=O)c2ccn(C(C)C)n2)sc2cc(C)ccc21. The summed E-state index contributed by atoms with van der Waals surface area (Å²) in [5.74, 6) is -0.838. The molecule has 3 aromatic rings. The Morgan fingerprint density at radius 3 is 2.73 bits per heavy atom. The molecule has 0 unspecified atom stereocenters. The number of thiazole rings is 1. The van der Waals surface area contributed by atoms with Crippen LogP contribution in [0.15, 0.2) is 35.5 Å². The minimum absolute atomic E-state index is 0.00783. The van der Waals surface area contributed by atoms with Crippen molar-refractivity contribution < 1.29 is 14.3 Å². The summed E-state index contributed by atoms with van der Waals surface area (Å²) in [5.41, 5.74) is 2.21. The van der Waals surface area contributed by atoms with Crippen LogP contribution in [0.4, 0.5) is 0 Å². The Kier molecular flexibility index (Phi) is 5.03. The van der Waals surface area contributed by atoms with Crippen LogP contribution in [0.1, 0.15) is 35.9 Å². The first-order valence-electron chi connectivity index (χ1n) is 8.20. The van der Waals surface area contributed by atoms with Gasteiger partial charge in [0.1, 0.15) is 6.54 Å². The Morgan fingerprint density at radius 1 is 1.31 bits per heavy atom. The van der Waals surface area contributed by atoms with Gasteiger partial charge in [0.05, 0.1) is 17.3 Å². The molecule has 0 spiro atoms. The molecule has 0 saturated heterocycles. The largest absolute Gasteiger partial charge is 0.468 e. The van der Waals surface area contributed by atoms with Crippen LogP contribution in [0, 0.1) is 6.92 Å². The van der Waals surface area contributed by atoms with E-state index in [2.05, 4.69) is 10.1 Å². The Morgan fingerprint density at radius 2 is 2.08 bits per heavy atom. The monoisotopic (exact) mass is 372 g/mol. The van der Waals surface area contributed by atoms with E-state index in [-0.39, 0.29) is 18.3 Å². The van der Waals surface area contributed by atoms with Gasteiger partial charge in [-0.2, -0.15) is 10.1 Å². The third kappa shape index (κ3) is 3.60. The van der Waals surface area contributed by atoms with Gasteiger partial charge in [0.25, 0.3) is 5.91 Å². The summed E-state index contributed by atoms with van der Waals surface area (Å²) in [6.45, 7) is 5.95. The topological polar surface area (TPSA) is 78.5 Å². The summed E-state index contributed by atoms with van der Waals surface area (Å²) in [6.07, 6.45) is 1.75. The molecule has 0 radical (unpaired) electrons. The fourth-order valence-electron chi connectivity index (χ4n) is 2.50. The first-order valence-corrected chi connectivity index (χ1v) is 9.01. The average molecular weight is 372 g/mol. The zero-order valence-electron chi connectivity index (χ0n) is 15.1. The third-order valence-corrected chi connectivity index (χ3v) is 4.95. The fraction of sp³-hybridized carbons (Fsp3) is 0.333. The van der Waals surface area contributed by atoms with Crippen molar-refractivity contribution in [3.8, 4) is 0 Å². The summed E-state index contributed by atoms with van der Waals surface area (Å²) < 4.78 is 9.13. The Labute approximate surface area is 154 Å². The van der Waals surface area contributed by atoms with Gasteiger partial charge < -0.3 is 9.30 Å². The van der Waals surface area contributed by atoms with Crippen molar-refractivity contribution >= 4 is 33.4 Å². The molecule has 0 fully saturated rings. The highest BCUT2D eigenvalue weighted by Gasteiger charge is 2.14. The molecule has 2 aromatic heterocycles. The maximum Gasteiger partial charge on any atom is 0.325 e. The van der Waals surface area contributed by atoms with Crippen LogP contribution in [0.3, 0.4) is 0 Å². The van der Waals surface area contributed by atoms with E-state index in [0.29, 0.717) is 4.80 Å². The molecule has 0 atom stereocenters. The molecule has 2 heterocycles. The number of benzene rings is 1. The second-order valence-electron chi connectivity index (χ2n) is 6.21. The van der Waals surface area contributed by atoms with E-state index in [0.717, 1.165) is 15.8 Å². The van der Waals surface area contributed by atoms with Crippen molar-refractivity contribution in [1.29, 1.82) is 0 Å². The van der Waals surface area contributed by atoms with E-state index in [1.165, 1.54) is 18.4 Å². The number of aromatic nitrogens is 3. The molecule has 0 bridgehead atoms. The molecule has 0 N–H and O–H groups in total. The van der Waals surface area contributed by atoms with Crippen molar-refractivity contribution in [2.45, 2.75) is 33.4 Å². The number of carbonyl (C=O) groups excluding carboxylic acids is 2. The highest BCUT2D eigenvalue weighted by Crippen LogP contribution is 2.19. The van der Waals surface area contributed by atoms with Crippen LogP contribution >= 0.6 is 11.3 Å². The molecule has 0 aliphatic carbocycles. The number of fused-ring (bicyclic) bond motifs is 1. The predicted octanol–water partition coefficient (Wildman–Crippen LogP) is 2.70. The number of amides is 1. The predicted molar refractivity (Wildman–Crippen MR) is 99.1 cm³/mol. The maximum absolute atomic E-state index is 12.5. The quantitative estimate of drug-likeness (QED) is 0.660. The lowest BCUT2D eigenvalue weighted by molar-refractivity contribution is -0.141. The molecule has 7 nitrogen and oxygen atoms in total. The normalized spacial score (nSPS) is 12.1. The summed E-state index contributed by atoms with van der Waals surface area (Å²) in [6, 6.07) is 7.69. The number of esters is 1. The lowest BCUT2D eigenvalue weighted by atomic mass is 10.2. The first kappa shape index (κ1) is 18.1. The average Bonchev–Trinajstić information content (AvgIpc) is 3.20. The number of rotatable bonds is 4. The number of carbonyl (C=O) groups is 2. The highest BCUT2D eigenvalue weighted by atomic mass is 32.1. The number of ether oxygens (including phenoxy) is 1. The Balaban J connectivity index is 2.09. The minimum atomic E-state index is -0.439. The van der Waals surface area contributed by atoms with Gasteiger partial charge in [0.2, 0.25) is 0 Å². The lowest BCUT2D eigenvalue weighted by Gasteiger charge is -2.04. The van der Waals surface area contributed by atoms with Crippen LogP contribution in [0.5, 0.6) is 0 Å². The molecule has 136 valence electrons. The summed E-state index contributed by atoms with van der Waals surface area (Å²) in [5, 5.41) is 4.26. The van der Waals surface area contributed by atoms with Crippen molar-refractivity contribution in [1.82, 2.24) is 14.3 Å². The zero-order chi connectivity index (χ0) is 18.8. The molecule has 0 saturated carbocycles. The van der Waals surface area contributed by atoms with Gasteiger partial charge in [-0.25, -0.2) is 0 Å². The third-order valence-electron chi connectivity index (χ3n) is 3.91. The van der Waals surface area contributed by atoms with Crippen molar-refractivity contribution in [2.24, 2.45) is 4.99 Å². The summed E-state index contributed by atoms with van der Waals surface area (Å²) in [7, 11) is 1.34. The molecular formula is C18H20N4O3S. The molecule has 26 heavy (non-hydrogen) atoms. The van der Waals surface area contributed by atoms with Crippen LogP contribution in [-0.4, -0.2) is 33.3 Å². The van der Waals surface area contributed by atoms with E-state index in [9.17, 15) is 9.59 Å². The van der Waals surface area contributed by atoms with E-state index >= 15 is 0 Å². The number of hydrogen-bond acceptors (Lipinski definition) is 5. The van der Waals surface area contributed by atoms with Gasteiger partial charge in [0, 0.05) is 12.2 Å². The van der Waals surface area contributed by atoms with Crippen molar-refractivity contribution in [3.05, 3.63) is 46.5 Å². The molecule has 8 heteroatoms. The van der Waals surface area contributed by atoms with Gasteiger partial charge >= 0.3 is 5.97 Å². The summed E-state index contributed by atoms with van der Waals surface area (Å²) >= 11 is 1.36. The smallest absolute Gasteiger partial charge is 0.325 e. The number of methoxy groups -OCH3 is 1. The number of hydrogen-bond donors (Lipinski definition) is 0. The molecule has 0 aliphatic rings. The number of nitrogens with zero attached hydrogens (tertiary/aromatic N) is 4. The molecule has 1 amide bonds. The van der Waals surface area contributed by atoms with Crippen LogP contribution in [0.2, 0.25) is 0 Å². The summed E-state index contributed by atoms with van der Waals surface area (Å²) in [4.78, 5) is 29.0. The molecule has 3 rings (SSSR count). The second-order valence-corrected chi connectivity index (χ2v) is 7.22. The maximum atomic E-state index is 12.5. The van der Waals surface area contributed by atoms with Crippen molar-refractivity contribution in [3.63, 3.8) is 0 Å². The van der Waals surface area contributed by atoms with Gasteiger partial charge in [0.15, 0.2) is 10.5 Å². The fourth-order valence-corrected chi connectivity index (χ4v) is 3.62. The van der Waals surface area contributed by atoms with Gasteiger partial charge in [-0.3, -0.25) is 14.3 Å². The van der Waals surface area contributed by atoms with E-state index in [1.807, 2.05) is 39.0 Å². The van der Waals surface area contributed by atoms with E-state index < -0.39 is 11.9 Å². The van der Waals surface area contributed by atoms with Gasteiger partial charge in [-0.05, 0) is 44.5 Å². The Hall–Kier alpha value is -2.74. The lowest BCUT2D eigenvalue weighted by Crippen LogP contribution is -2.22.